The average Bonchev–Trinajstić information content (AvgIpc) is 3.13. The van der Waals surface area contributed by atoms with E-state index in [1.165, 1.54) is 11.3 Å². The van der Waals surface area contributed by atoms with Crippen molar-refractivity contribution in [3.05, 3.63) is 14.7 Å². The predicted octanol–water partition coefficient (Wildman–Crippen LogP) is 3.43. The maximum Gasteiger partial charge on any atom is 0.245 e. The lowest BCUT2D eigenvalue weighted by Gasteiger charge is -2.22. The van der Waals surface area contributed by atoms with Crippen LogP contribution in [-0.2, 0) is 16.6 Å². The number of nitrogens with one attached hydrogen (secondary N) is 1. The first kappa shape index (κ1) is 17.4. The summed E-state index contributed by atoms with van der Waals surface area (Å²) >= 11 is 4.91. The average molecular weight is 395 g/mol. The molecule has 7 heteroatoms. The number of rotatable bonds is 8. The number of nitrogens with zero attached hydrogens (tertiary/aromatic N) is 1. The van der Waals surface area contributed by atoms with Crippen LogP contribution in [0.1, 0.15) is 38.0 Å². The fraction of sp³-hybridized carbons (Fsp3) is 0.714. The van der Waals surface area contributed by atoms with Crippen molar-refractivity contribution in [3.8, 4) is 0 Å². The van der Waals surface area contributed by atoms with Gasteiger partial charge in [0.2, 0.25) is 10.0 Å². The molecule has 1 aliphatic rings. The first-order valence-corrected chi connectivity index (χ1v) is 10.4. The number of hydrogen-bond donors (Lipinski definition) is 1. The predicted molar refractivity (Wildman–Crippen MR) is 91.2 cm³/mol. The maximum atomic E-state index is 12.9. The van der Waals surface area contributed by atoms with Gasteiger partial charge in [-0.15, -0.1) is 11.3 Å². The number of thiophene rings is 1. The summed E-state index contributed by atoms with van der Waals surface area (Å²) in [5.41, 5.74) is 0. The molecule has 0 aliphatic heterocycles. The van der Waals surface area contributed by atoms with Crippen LogP contribution in [0.25, 0.3) is 0 Å². The third kappa shape index (κ3) is 4.28. The van der Waals surface area contributed by atoms with Crippen LogP contribution < -0.4 is 5.32 Å². The molecule has 2 rings (SSSR count). The number of hydrogen-bond acceptors (Lipinski definition) is 4. The lowest BCUT2D eigenvalue weighted by Crippen LogP contribution is -2.34. The molecule has 1 aromatic rings. The highest BCUT2D eigenvalue weighted by Gasteiger charge is 2.39. The quantitative estimate of drug-likeness (QED) is 0.734. The summed E-state index contributed by atoms with van der Waals surface area (Å²) in [6, 6.07) is 2.00. The molecule has 1 aromatic heterocycles. The minimum absolute atomic E-state index is 0.202. The largest absolute Gasteiger partial charge is 0.315 e. The van der Waals surface area contributed by atoms with Crippen molar-refractivity contribution in [3.63, 3.8) is 0 Å². The van der Waals surface area contributed by atoms with Crippen molar-refractivity contribution < 1.29 is 8.42 Å². The second-order valence-electron chi connectivity index (χ2n) is 5.91. The molecule has 1 N–H and O–H groups in total. The summed E-state index contributed by atoms with van der Waals surface area (Å²) in [6.07, 6.45) is 2.88. The van der Waals surface area contributed by atoms with Crippen LogP contribution in [-0.4, -0.2) is 32.4 Å². The van der Waals surface area contributed by atoms with Gasteiger partial charge in [0.25, 0.3) is 0 Å². The topological polar surface area (TPSA) is 49.4 Å². The minimum atomic E-state index is -3.39. The summed E-state index contributed by atoms with van der Waals surface area (Å²) in [6.45, 7) is 5.56. The summed E-state index contributed by atoms with van der Waals surface area (Å²) < 4.78 is 28.3. The zero-order chi connectivity index (χ0) is 15.6. The van der Waals surface area contributed by atoms with E-state index in [4.69, 9.17) is 0 Å². The van der Waals surface area contributed by atoms with E-state index in [1.54, 1.807) is 10.4 Å². The molecule has 0 radical (unpaired) electrons. The maximum absolute atomic E-state index is 12.9. The van der Waals surface area contributed by atoms with Crippen molar-refractivity contribution >= 4 is 37.3 Å². The molecule has 1 fully saturated rings. The van der Waals surface area contributed by atoms with Crippen molar-refractivity contribution in [2.75, 3.05) is 13.6 Å². The first-order chi connectivity index (χ1) is 9.86. The second kappa shape index (κ2) is 7.08. The lowest BCUT2D eigenvalue weighted by atomic mass is 10.1. The first-order valence-electron chi connectivity index (χ1n) is 7.31. The smallest absolute Gasteiger partial charge is 0.245 e. The fourth-order valence-corrected chi connectivity index (χ4v) is 6.55. The Bertz CT molecular complexity index is 580. The van der Waals surface area contributed by atoms with E-state index < -0.39 is 10.0 Å². The molecule has 4 nitrogen and oxygen atoms in total. The highest BCUT2D eigenvalue weighted by Crippen LogP contribution is 2.38. The van der Waals surface area contributed by atoms with E-state index in [0.29, 0.717) is 27.7 Å². The van der Waals surface area contributed by atoms with Crippen LogP contribution in [0.3, 0.4) is 0 Å². The molecule has 21 heavy (non-hydrogen) atoms. The van der Waals surface area contributed by atoms with E-state index in [0.717, 1.165) is 24.1 Å². The normalized spacial score (nSPS) is 16.1. The molecule has 0 bridgehead atoms. The van der Waals surface area contributed by atoms with Gasteiger partial charge in [-0.05, 0) is 54.2 Å². The standard InChI is InChI=1S/C14H23BrN2O2S2/c1-10(2)6-7-17(11-4-5-11)21(18,19)13-8-12(9-16-3)20-14(13)15/h8,10-11,16H,4-7,9H2,1-3H3. The molecule has 1 heterocycles. The molecular weight excluding hydrogens is 372 g/mol. The third-order valence-electron chi connectivity index (χ3n) is 3.53. The molecular formula is C14H23BrN2O2S2. The second-order valence-corrected chi connectivity index (χ2v) is 10.2. The summed E-state index contributed by atoms with van der Waals surface area (Å²) in [7, 11) is -1.53. The van der Waals surface area contributed by atoms with Crippen LogP contribution in [0, 0.1) is 5.92 Å². The van der Waals surface area contributed by atoms with Crippen molar-refractivity contribution in [1.82, 2.24) is 9.62 Å². The summed E-state index contributed by atoms with van der Waals surface area (Å²) in [4.78, 5) is 1.45. The van der Waals surface area contributed by atoms with E-state index >= 15 is 0 Å². The van der Waals surface area contributed by atoms with Crippen molar-refractivity contribution in [2.45, 2.75) is 50.6 Å². The Kier molecular flexibility index (Phi) is 5.87. The van der Waals surface area contributed by atoms with E-state index in [-0.39, 0.29) is 6.04 Å². The fourth-order valence-electron chi connectivity index (χ4n) is 2.21. The van der Waals surface area contributed by atoms with Crippen LogP contribution in [0.15, 0.2) is 14.7 Å². The van der Waals surface area contributed by atoms with Crippen molar-refractivity contribution in [1.29, 1.82) is 0 Å². The third-order valence-corrected chi connectivity index (χ3v) is 7.73. The molecule has 0 spiro atoms. The van der Waals surface area contributed by atoms with Gasteiger partial charge >= 0.3 is 0 Å². The zero-order valence-electron chi connectivity index (χ0n) is 12.7. The number of halogens is 1. The van der Waals surface area contributed by atoms with Crippen LogP contribution in [0.4, 0.5) is 0 Å². The lowest BCUT2D eigenvalue weighted by molar-refractivity contribution is 0.373. The molecule has 1 saturated carbocycles. The highest BCUT2D eigenvalue weighted by molar-refractivity contribution is 9.11. The Morgan fingerprint density at radius 2 is 2.14 bits per heavy atom. The summed E-state index contributed by atoms with van der Waals surface area (Å²) in [5.74, 6) is 0.507. The van der Waals surface area contributed by atoms with Gasteiger partial charge in [0.05, 0.1) is 3.79 Å². The Labute approximate surface area is 140 Å². The Balaban J connectivity index is 2.25. The van der Waals surface area contributed by atoms with Crippen molar-refractivity contribution in [2.24, 2.45) is 5.92 Å². The van der Waals surface area contributed by atoms with Gasteiger partial charge in [-0.3, -0.25) is 0 Å². The molecule has 0 atom stereocenters. The zero-order valence-corrected chi connectivity index (χ0v) is 15.9. The Morgan fingerprint density at radius 1 is 1.48 bits per heavy atom. The Hall–Kier alpha value is 0.0500. The van der Waals surface area contributed by atoms with E-state index in [9.17, 15) is 8.42 Å². The van der Waals surface area contributed by atoms with Gasteiger partial charge in [-0.25, -0.2) is 8.42 Å². The molecule has 0 saturated heterocycles. The molecule has 0 aromatic carbocycles. The van der Waals surface area contributed by atoms with Crippen LogP contribution in [0.2, 0.25) is 0 Å². The van der Waals surface area contributed by atoms with Gasteiger partial charge < -0.3 is 5.32 Å². The van der Waals surface area contributed by atoms with Gasteiger partial charge in [0, 0.05) is 24.0 Å². The summed E-state index contributed by atoms with van der Waals surface area (Å²) in [5, 5.41) is 3.06. The molecule has 0 unspecified atom stereocenters. The van der Waals surface area contributed by atoms with Gasteiger partial charge in [0.15, 0.2) is 0 Å². The SMILES string of the molecule is CNCc1cc(S(=O)(=O)N(CCC(C)C)C2CC2)c(Br)s1. The van der Waals surface area contributed by atoms with Gasteiger partial charge in [-0.1, -0.05) is 13.8 Å². The minimum Gasteiger partial charge on any atom is -0.315 e. The van der Waals surface area contributed by atoms with E-state index in [2.05, 4.69) is 35.1 Å². The van der Waals surface area contributed by atoms with Crippen LogP contribution >= 0.6 is 27.3 Å². The molecule has 120 valence electrons. The highest BCUT2D eigenvalue weighted by atomic mass is 79.9. The molecule has 0 amide bonds. The van der Waals surface area contributed by atoms with Crippen LogP contribution in [0.5, 0.6) is 0 Å². The molecule has 1 aliphatic carbocycles. The van der Waals surface area contributed by atoms with Gasteiger partial charge in [0.1, 0.15) is 4.90 Å². The number of sulfonamides is 1. The van der Waals surface area contributed by atoms with E-state index in [1.807, 2.05) is 7.05 Å². The monoisotopic (exact) mass is 394 g/mol. The Morgan fingerprint density at radius 3 is 2.67 bits per heavy atom. The van der Waals surface area contributed by atoms with Gasteiger partial charge in [-0.2, -0.15) is 4.31 Å².